The first-order valence-corrected chi connectivity index (χ1v) is 9.29. The van der Waals surface area contributed by atoms with Crippen LogP contribution >= 0.6 is 46.0 Å². The molecule has 3 rings (SSSR count). The van der Waals surface area contributed by atoms with E-state index >= 15 is 0 Å². The molecule has 0 aromatic heterocycles. The summed E-state index contributed by atoms with van der Waals surface area (Å²) in [4.78, 5) is 6.86. The Bertz CT molecular complexity index is 796. The molecule has 23 heavy (non-hydrogen) atoms. The maximum absolute atomic E-state index is 5.91. The molecule has 0 spiro atoms. The van der Waals surface area contributed by atoms with Crippen LogP contribution in [-0.4, -0.2) is 6.21 Å². The van der Waals surface area contributed by atoms with Crippen molar-refractivity contribution in [3.05, 3.63) is 87.0 Å². The van der Waals surface area contributed by atoms with E-state index in [0.29, 0.717) is 0 Å². The molecule has 0 saturated heterocycles. The molecule has 0 saturated carbocycles. The van der Waals surface area contributed by atoms with Crippen LogP contribution in [-0.2, 0) is 0 Å². The molecule has 0 unspecified atom stereocenters. The van der Waals surface area contributed by atoms with Crippen molar-refractivity contribution >= 4 is 57.9 Å². The molecule has 0 amide bonds. The van der Waals surface area contributed by atoms with Crippen molar-refractivity contribution in [2.75, 3.05) is 0 Å². The molecule has 4 heteroatoms. The Kier molecular flexibility index (Phi) is 5.75. The fourth-order valence-electron chi connectivity index (χ4n) is 1.94. The first-order chi connectivity index (χ1) is 11.2. The Morgan fingerprint density at radius 1 is 0.783 bits per heavy atom. The van der Waals surface area contributed by atoms with Gasteiger partial charge in [0.05, 0.1) is 5.69 Å². The second-order valence-corrected chi connectivity index (χ2v) is 7.69. The van der Waals surface area contributed by atoms with Gasteiger partial charge in [-0.05, 0) is 88.8 Å². The van der Waals surface area contributed by atoms with Gasteiger partial charge in [0.1, 0.15) is 0 Å². The summed E-state index contributed by atoms with van der Waals surface area (Å²) in [5.74, 6) is 0. The van der Waals surface area contributed by atoms with Gasteiger partial charge in [0.2, 0.25) is 0 Å². The highest BCUT2D eigenvalue weighted by molar-refractivity contribution is 14.1. The standard InChI is InChI=1S/C19H13ClINS/c20-15-3-11-19(12-4-15)23-18-9-1-14(2-10-18)13-22-17-7-5-16(21)6-8-17/h1-13H. The van der Waals surface area contributed by atoms with E-state index in [0.717, 1.165) is 16.3 Å². The third-order valence-electron chi connectivity index (χ3n) is 3.12. The zero-order chi connectivity index (χ0) is 16.1. The molecule has 3 aromatic rings. The van der Waals surface area contributed by atoms with E-state index in [1.807, 2.05) is 42.6 Å². The number of rotatable bonds is 4. The van der Waals surface area contributed by atoms with Gasteiger partial charge in [-0.25, -0.2) is 0 Å². The molecule has 0 heterocycles. The van der Waals surface area contributed by atoms with E-state index in [-0.39, 0.29) is 0 Å². The first-order valence-electron chi connectivity index (χ1n) is 7.02. The summed E-state index contributed by atoms with van der Waals surface area (Å²) in [6.45, 7) is 0. The van der Waals surface area contributed by atoms with Crippen LogP contribution in [0, 0.1) is 3.57 Å². The number of halogens is 2. The van der Waals surface area contributed by atoms with E-state index in [9.17, 15) is 0 Å². The molecule has 0 aliphatic heterocycles. The molecule has 0 aliphatic carbocycles. The van der Waals surface area contributed by atoms with Crippen molar-refractivity contribution in [1.29, 1.82) is 0 Å². The van der Waals surface area contributed by atoms with E-state index < -0.39 is 0 Å². The van der Waals surface area contributed by atoms with Crippen LogP contribution in [0.5, 0.6) is 0 Å². The minimum Gasteiger partial charge on any atom is -0.256 e. The summed E-state index contributed by atoms with van der Waals surface area (Å²) in [6.07, 6.45) is 1.89. The molecular weight excluding hydrogens is 437 g/mol. The van der Waals surface area contributed by atoms with Gasteiger partial charge < -0.3 is 0 Å². The second kappa shape index (κ2) is 7.99. The molecule has 3 aromatic carbocycles. The summed E-state index contributed by atoms with van der Waals surface area (Å²) in [7, 11) is 0. The number of hydrogen-bond acceptors (Lipinski definition) is 2. The third kappa shape index (κ3) is 5.09. The lowest BCUT2D eigenvalue weighted by Gasteiger charge is -2.02. The average molecular weight is 450 g/mol. The van der Waals surface area contributed by atoms with Crippen LogP contribution in [0.1, 0.15) is 5.56 Å². The van der Waals surface area contributed by atoms with Gasteiger partial charge in [0, 0.05) is 24.6 Å². The highest BCUT2D eigenvalue weighted by Gasteiger charge is 1.98. The van der Waals surface area contributed by atoms with Gasteiger partial charge in [-0.3, -0.25) is 4.99 Å². The van der Waals surface area contributed by atoms with Crippen molar-refractivity contribution in [2.24, 2.45) is 4.99 Å². The Labute approximate surface area is 158 Å². The smallest absolute Gasteiger partial charge is 0.0630 e. The van der Waals surface area contributed by atoms with Crippen molar-refractivity contribution in [3.63, 3.8) is 0 Å². The third-order valence-corrected chi connectivity index (χ3v) is 5.11. The lowest BCUT2D eigenvalue weighted by atomic mass is 10.2. The fraction of sp³-hybridized carbons (Fsp3) is 0. The summed E-state index contributed by atoms with van der Waals surface area (Å²) in [5, 5.41) is 0.761. The predicted molar refractivity (Wildman–Crippen MR) is 108 cm³/mol. The number of hydrogen-bond donors (Lipinski definition) is 0. The van der Waals surface area contributed by atoms with Gasteiger partial charge in [-0.2, -0.15) is 0 Å². The lowest BCUT2D eigenvalue weighted by molar-refractivity contribution is 1.40. The van der Waals surface area contributed by atoms with Crippen LogP contribution in [0.25, 0.3) is 0 Å². The summed E-state index contributed by atoms with van der Waals surface area (Å²) < 4.78 is 1.21. The highest BCUT2D eigenvalue weighted by Crippen LogP contribution is 2.28. The van der Waals surface area contributed by atoms with Crippen LogP contribution < -0.4 is 0 Å². The van der Waals surface area contributed by atoms with Gasteiger partial charge in [-0.1, -0.05) is 35.5 Å². The molecule has 0 aliphatic rings. The van der Waals surface area contributed by atoms with E-state index in [1.54, 1.807) is 11.8 Å². The Morgan fingerprint density at radius 2 is 1.35 bits per heavy atom. The van der Waals surface area contributed by atoms with Crippen molar-refractivity contribution in [3.8, 4) is 0 Å². The monoisotopic (exact) mass is 449 g/mol. The summed E-state index contributed by atoms with van der Waals surface area (Å²) >= 11 is 9.91. The van der Waals surface area contributed by atoms with Gasteiger partial charge in [0.15, 0.2) is 0 Å². The van der Waals surface area contributed by atoms with Crippen molar-refractivity contribution < 1.29 is 0 Å². The zero-order valence-corrected chi connectivity index (χ0v) is 15.8. The second-order valence-electron chi connectivity index (χ2n) is 4.86. The maximum Gasteiger partial charge on any atom is 0.0630 e. The highest BCUT2D eigenvalue weighted by atomic mass is 127. The minimum absolute atomic E-state index is 0.761. The normalized spacial score (nSPS) is 11.0. The fourth-order valence-corrected chi connectivity index (χ4v) is 3.24. The Morgan fingerprint density at radius 3 is 1.96 bits per heavy atom. The number of benzene rings is 3. The zero-order valence-electron chi connectivity index (χ0n) is 12.1. The van der Waals surface area contributed by atoms with E-state index in [4.69, 9.17) is 11.6 Å². The molecule has 0 N–H and O–H groups in total. The van der Waals surface area contributed by atoms with Crippen LogP contribution in [0.15, 0.2) is 87.6 Å². The molecule has 0 atom stereocenters. The number of nitrogens with zero attached hydrogens (tertiary/aromatic N) is 1. The van der Waals surface area contributed by atoms with Crippen molar-refractivity contribution in [1.82, 2.24) is 0 Å². The van der Waals surface area contributed by atoms with Crippen LogP contribution in [0.4, 0.5) is 5.69 Å². The van der Waals surface area contributed by atoms with Crippen LogP contribution in [0.2, 0.25) is 5.02 Å². The van der Waals surface area contributed by atoms with Gasteiger partial charge >= 0.3 is 0 Å². The average Bonchev–Trinajstić information content (AvgIpc) is 2.58. The Hall–Kier alpha value is -1.30. The largest absolute Gasteiger partial charge is 0.256 e. The first kappa shape index (κ1) is 16.6. The quantitative estimate of drug-likeness (QED) is 0.313. The predicted octanol–water partition coefficient (Wildman–Crippen LogP) is 6.85. The lowest BCUT2D eigenvalue weighted by Crippen LogP contribution is -1.81. The number of aliphatic imine (C=N–C) groups is 1. The Balaban J connectivity index is 1.67. The van der Waals surface area contributed by atoms with Gasteiger partial charge in [-0.15, -0.1) is 0 Å². The molecule has 1 nitrogen and oxygen atoms in total. The molecule has 0 fully saturated rings. The molecule has 114 valence electrons. The summed E-state index contributed by atoms with van der Waals surface area (Å²) in [5.41, 5.74) is 2.05. The van der Waals surface area contributed by atoms with Gasteiger partial charge in [0.25, 0.3) is 0 Å². The van der Waals surface area contributed by atoms with Crippen LogP contribution in [0.3, 0.4) is 0 Å². The molecule has 0 radical (unpaired) electrons. The molecular formula is C19H13ClINS. The SMILES string of the molecule is Clc1ccc(Sc2ccc(C=Nc3ccc(I)cc3)cc2)cc1. The van der Waals surface area contributed by atoms with E-state index in [2.05, 4.69) is 64.0 Å². The minimum atomic E-state index is 0.761. The summed E-state index contributed by atoms with van der Waals surface area (Å²) in [6, 6.07) is 24.4. The van der Waals surface area contributed by atoms with E-state index in [1.165, 1.54) is 13.4 Å². The topological polar surface area (TPSA) is 12.4 Å². The molecule has 0 bridgehead atoms. The van der Waals surface area contributed by atoms with Crippen molar-refractivity contribution in [2.45, 2.75) is 9.79 Å². The maximum atomic E-state index is 5.91.